The molecule has 8 heteroatoms. The van der Waals surface area contributed by atoms with E-state index in [1.54, 1.807) is 19.0 Å². The van der Waals surface area contributed by atoms with E-state index < -0.39 is 0 Å². The zero-order chi connectivity index (χ0) is 20.9. The summed E-state index contributed by atoms with van der Waals surface area (Å²) >= 11 is 0. The highest BCUT2D eigenvalue weighted by atomic mass is 127. The number of nitrogens with one attached hydrogen (secondary N) is 2. The third-order valence-electron chi connectivity index (χ3n) is 4.84. The largest absolute Gasteiger partial charge is 0.381 e. The quantitative estimate of drug-likeness (QED) is 0.177. The highest BCUT2D eigenvalue weighted by molar-refractivity contribution is 14.0. The van der Waals surface area contributed by atoms with Crippen molar-refractivity contribution in [2.24, 2.45) is 10.9 Å². The van der Waals surface area contributed by atoms with Gasteiger partial charge in [0.05, 0.1) is 0 Å². The minimum absolute atomic E-state index is 0. The molecule has 0 atom stereocenters. The zero-order valence-corrected chi connectivity index (χ0v) is 20.9. The van der Waals surface area contributed by atoms with Crippen LogP contribution in [0.3, 0.4) is 0 Å². The van der Waals surface area contributed by atoms with Crippen LogP contribution in [0.1, 0.15) is 25.7 Å². The van der Waals surface area contributed by atoms with Crippen LogP contribution in [0.4, 0.5) is 5.69 Å². The van der Waals surface area contributed by atoms with Gasteiger partial charge in [0, 0.05) is 59.7 Å². The topological polar surface area (TPSA) is 69.2 Å². The van der Waals surface area contributed by atoms with Gasteiger partial charge in [0.2, 0.25) is 5.91 Å². The van der Waals surface area contributed by atoms with Crippen LogP contribution in [0.2, 0.25) is 0 Å². The highest BCUT2D eigenvalue weighted by Crippen LogP contribution is 2.28. The lowest BCUT2D eigenvalue weighted by Gasteiger charge is -2.20. The molecule has 1 aliphatic carbocycles. The third kappa shape index (κ3) is 11.6. The summed E-state index contributed by atoms with van der Waals surface area (Å²) in [6, 6.07) is 10.4. The van der Waals surface area contributed by atoms with E-state index in [1.165, 1.54) is 18.5 Å². The predicted octanol–water partition coefficient (Wildman–Crippen LogP) is 2.57. The molecular formula is C22H38IN5O2. The molecule has 1 fully saturated rings. The van der Waals surface area contributed by atoms with Crippen molar-refractivity contribution in [2.75, 3.05) is 65.4 Å². The lowest BCUT2D eigenvalue weighted by molar-refractivity contribution is -0.127. The van der Waals surface area contributed by atoms with Gasteiger partial charge in [-0.05, 0) is 43.7 Å². The molecule has 0 aromatic heterocycles. The van der Waals surface area contributed by atoms with Crippen LogP contribution in [0.15, 0.2) is 35.3 Å². The summed E-state index contributed by atoms with van der Waals surface area (Å²) < 4.78 is 5.67. The summed E-state index contributed by atoms with van der Waals surface area (Å²) in [5.74, 6) is 1.47. The number of aliphatic imine (C=N–C) groups is 1. The number of anilines is 1. The fourth-order valence-corrected chi connectivity index (χ4v) is 2.71. The van der Waals surface area contributed by atoms with Gasteiger partial charge in [0.15, 0.2) is 5.96 Å². The van der Waals surface area contributed by atoms with Crippen molar-refractivity contribution in [3.8, 4) is 0 Å². The Hall–Kier alpha value is -1.55. The van der Waals surface area contributed by atoms with E-state index in [0.717, 1.165) is 51.6 Å². The van der Waals surface area contributed by atoms with Crippen LogP contribution >= 0.6 is 24.0 Å². The van der Waals surface area contributed by atoms with Gasteiger partial charge in [-0.3, -0.25) is 4.79 Å². The standard InChI is InChI=1S/C22H37N5O2.HI/c1-26(2)21(28)17-25-22(24-14-8-16-29-18-19-11-12-19)23-13-7-15-27(3)20-9-5-4-6-10-20;/h4-6,9-10,19H,7-8,11-18H2,1-3H3,(H2,23,24,25);1H. The van der Waals surface area contributed by atoms with Crippen LogP contribution in [-0.4, -0.2) is 77.3 Å². The second-order valence-electron chi connectivity index (χ2n) is 7.79. The van der Waals surface area contributed by atoms with Gasteiger partial charge >= 0.3 is 0 Å². The maximum absolute atomic E-state index is 11.8. The molecule has 0 heterocycles. The second-order valence-corrected chi connectivity index (χ2v) is 7.79. The summed E-state index contributed by atoms with van der Waals surface area (Å²) in [6.07, 6.45) is 4.53. The van der Waals surface area contributed by atoms with Crippen molar-refractivity contribution in [3.63, 3.8) is 0 Å². The first-order valence-corrected chi connectivity index (χ1v) is 10.6. The summed E-state index contributed by atoms with van der Waals surface area (Å²) in [7, 11) is 5.59. The van der Waals surface area contributed by atoms with E-state index in [4.69, 9.17) is 4.74 Å². The number of amides is 1. The number of para-hydroxylation sites is 1. The average molecular weight is 531 g/mol. The smallest absolute Gasteiger partial charge is 0.243 e. The number of likely N-dealkylation sites (N-methyl/N-ethyl adjacent to an activating group) is 1. The molecule has 0 spiro atoms. The Morgan fingerprint density at radius 2 is 1.77 bits per heavy atom. The molecule has 1 aromatic carbocycles. The Morgan fingerprint density at radius 1 is 1.10 bits per heavy atom. The number of benzene rings is 1. The summed E-state index contributed by atoms with van der Waals surface area (Å²) in [4.78, 5) is 20.1. The number of nitrogens with zero attached hydrogens (tertiary/aromatic N) is 3. The molecule has 1 aliphatic rings. The second kappa shape index (κ2) is 15.3. The van der Waals surface area contributed by atoms with Gasteiger partial charge < -0.3 is 25.2 Å². The molecule has 1 saturated carbocycles. The number of rotatable bonds is 13. The number of guanidine groups is 1. The molecule has 170 valence electrons. The average Bonchev–Trinajstić information content (AvgIpc) is 3.55. The Labute approximate surface area is 198 Å². The number of hydrogen-bond acceptors (Lipinski definition) is 4. The van der Waals surface area contributed by atoms with Gasteiger partial charge in [0.25, 0.3) is 0 Å². The van der Waals surface area contributed by atoms with Gasteiger partial charge in [-0.1, -0.05) is 18.2 Å². The van der Waals surface area contributed by atoms with Crippen molar-refractivity contribution in [2.45, 2.75) is 25.7 Å². The minimum atomic E-state index is -0.0114. The summed E-state index contributed by atoms with van der Waals surface area (Å²) in [5.41, 5.74) is 1.21. The normalized spacial score (nSPS) is 13.4. The molecule has 1 amide bonds. The van der Waals surface area contributed by atoms with Crippen molar-refractivity contribution >= 4 is 41.5 Å². The lowest BCUT2D eigenvalue weighted by atomic mass is 10.3. The first-order chi connectivity index (χ1) is 14.1. The Kier molecular flexibility index (Phi) is 13.5. The van der Waals surface area contributed by atoms with Crippen LogP contribution in [0, 0.1) is 5.92 Å². The van der Waals surface area contributed by atoms with Crippen molar-refractivity contribution in [1.82, 2.24) is 15.5 Å². The van der Waals surface area contributed by atoms with Crippen LogP contribution < -0.4 is 15.5 Å². The predicted molar refractivity (Wildman–Crippen MR) is 135 cm³/mol. The highest BCUT2D eigenvalue weighted by Gasteiger charge is 2.20. The molecule has 0 saturated heterocycles. The van der Waals surface area contributed by atoms with Crippen molar-refractivity contribution in [3.05, 3.63) is 30.3 Å². The number of halogens is 1. The minimum Gasteiger partial charge on any atom is -0.381 e. The van der Waals surface area contributed by atoms with Crippen LogP contribution in [-0.2, 0) is 9.53 Å². The maximum Gasteiger partial charge on any atom is 0.243 e. The molecule has 0 bridgehead atoms. The lowest BCUT2D eigenvalue weighted by Crippen LogP contribution is -2.40. The van der Waals surface area contributed by atoms with E-state index in [2.05, 4.69) is 51.8 Å². The molecule has 2 rings (SSSR count). The molecule has 30 heavy (non-hydrogen) atoms. The molecule has 0 radical (unpaired) electrons. The number of hydrogen-bond donors (Lipinski definition) is 2. The molecule has 0 unspecified atom stereocenters. The van der Waals surface area contributed by atoms with Gasteiger partial charge in [-0.25, -0.2) is 4.99 Å². The molecule has 2 N–H and O–H groups in total. The first-order valence-electron chi connectivity index (χ1n) is 10.6. The first kappa shape index (κ1) is 26.5. The summed E-state index contributed by atoms with van der Waals surface area (Å²) in [6.45, 7) is 4.30. The fourth-order valence-electron chi connectivity index (χ4n) is 2.71. The van der Waals surface area contributed by atoms with E-state index in [9.17, 15) is 4.79 Å². The SMILES string of the molecule is CN(C)C(=O)CN=C(NCCCOCC1CC1)NCCCN(C)c1ccccc1.I. The van der Waals surface area contributed by atoms with Gasteiger partial charge in [-0.2, -0.15) is 0 Å². The Bertz CT molecular complexity index is 623. The maximum atomic E-state index is 11.8. The van der Waals surface area contributed by atoms with Crippen LogP contribution in [0.5, 0.6) is 0 Å². The van der Waals surface area contributed by atoms with Crippen LogP contribution in [0.25, 0.3) is 0 Å². The van der Waals surface area contributed by atoms with Crippen molar-refractivity contribution in [1.29, 1.82) is 0 Å². The third-order valence-corrected chi connectivity index (χ3v) is 4.84. The van der Waals surface area contributed by atoms with E-state index >= 15 is 0 Å². The molecule has 0 aliphatic heterocycles. The Balaban J connectivity index is 0.00000450. The number of carbonyl (C=O) groups excluding carboxylic acids is 1. The zero-order valence-electron chi connectivity index (χ0n) is 18.6. The fraction of sp³-hybridized carbons (Fsp3) is 0.636. The monoisotopic (exact) mass is 531 g/mol. The Morgan fingerprint density at radius 3 is 2.40 bits per heavy atom. The summed E-state index contributed by atoms with van der Waals surface area (Å²) in [5, 5.41) is 6.65. The molecular weight excluding hydrogens is 493 g/mol. The number of carbonyl (C=O) groups is 1. The van der Waals surface area contributed by atoms with E-state index in [0.29, 0.717) is 5.96 Å². The molecule has 7 nitrogen and oxygen atoms in total. The van der Waals surface area contributed by atoms with Crippen molar-refractivity contribution < 1.29 is 9.53 Å². The number of ether oxygens (including phenoxy) is 1. The van der Waals surface area contributed by atoms with Gasteiger partial charge in [0.1, 0.15) is 6.54 Å². The molecule has 1 aromatic rings. The van der Waals surface area contributed by atoms with E-state index in [1.807, 2.05) is 6.07 Å². The van der Waals surface area contributed by atoms with Gasteiger partial charge in [-0.15, -0.1) is 24.0 Å². The van der Waals surface area contributed by atoms with E-state index in [-0.39, 0.29) is 36.4 Å².